The zero-order chi connectivity index (χ0) is 18.1. The van der Waals surface area contributed by atoms with Gasteiger partial charge in [-0.05, 0) is 44.5 Å². The fraction of sp³-hybridized carbons (Fsp3) is 0.235. The van der Waals surface area contributed by atoms with E-state index in [1.54, 1.807) is 35.9 Å². The number of benzene rings is 1. The third-order valence-electron chi connectivity index (χ3n) is 3.77. The van der Waals surface area contributed by atoms with Crippen LogP contribution in [0.3, 0.4) is 0 Å². The minimum absolute atomic E-state index is 0.162. The summed E-state index contributed by atoms with van der Waals surface area (Å²) in [5.74, 6) is -0.162. The molecule has 1 N–H and O–H groups in total. The molecule has 0 spiro atoms. The number of fused-ring (bicyclic) bond motifs is 1. The van der Waals surface area contributed by atoms with Crippen LogP contribution in [0.4, 0.5) is 5.69 Å². The largest absolute Gasteiger partial charge is 0.324 e. The van der Waals surface area contributed by atoms with Crippen molar-refractivity contribution >= 4 is 68.1 Å². The fourth-order valence-corrected chi connectivity index (χ4v) is 4.66. The highest BCUT2D eigenvalue weighted by Gasteiger charge is 2.20. The first-order chi connectivity index (χ1) is 11.9. The first kappa shape index (κ1) is 18.5. The molecule has 130 valence electrons. The van der Waals surface area contributed by atoms with E-state index in [4.69, 9.17) is 23.2 Å². The maximum absolute atomic E-state index is 12.5. The quantitative estimate of drug-likeness (QED) is 0.439. The molecule has 0 bridgehead atoms. The van der Waals surface area contributed by atoms with Crippen molar-refractivity contribution < 1.29 is 4.79 Å². The molecule has 25 heavy (non-hydrogen) atoms. The van der Waals surface area contributed by atoms with Gasteiger partial charge in [-0.3, -0.25) is 4.79 Å². The van der Waals surface area contributed by atoms with E-state index in [9.17, 15) is 4.79 Å². The van der Waals surface area contributed by atoms with Gasteiger partial charge in [0.05, 0.1) is 16.0 Å². The molecule has 4 nitrogen and oxygen atoms in total. The Morgan fingerprint density at radius 3 is 2.80 bits per heavy atom. The van der Waals surface area contributed by atoms with Crippen LogP contribution in [0.5, 0.6) is 0 Å². The molecule has 2 aromatic heterocycles. The van der Waals surface area contributed by atoms with E-state index in [2.05, 4.69) is 29.1 Å². The number of hydrogen-bond donors (Lipinski definition) is 1. The molecule has 0 radical (unpaired) electrons. The molecule has 1 atom stereocenters. The molecule has 1 amide bonds. The van der Waals surface area contributed by atoms with E-state index in [0.29, 0.717) is 15.7 Å². The molecule has 1 aromatic carbocycles. The van der Waals surface area contributed by atoms with Gasteiger partial charge in [-0.1, -0.05) is 35.0 Å². The summed E-state index contributed by atoms with van der Waals surface area (Å²) in [5, 5.41) is 5.27. The van der Waals surface area contributed by atoms with Gasteiger partial charge >= 0.3 is 0 Å². The van der Waals surface area contributed by atoms with Crippen molar-refractivity contribution in [1.82, 2.24) is 9.97 Å². The summed E-state index contributed by atoms with van der Waals surface area (Å²) in [4.78, 5) is 23.4. The zero-order valence-electron chi connectivity index (χ0n) is 13.8. The third-order valence-corrected chi connectivity index (χ3v) is 6.55. The molecule has 0 aliphatic rings. The Hall–Kier alpha value is -1.34. The number of nitrogens with one attached hydrogen (secondary N) is 1. The van der Waals surface area contributed by atoms with Crippen molar-refractivity contribution in [2.45, 2.75) is 31.0 Å². The number of aromatic nitrogens is 2. The number of carbonyl (C=O) groups is 1. The van der Waals surface area contributed by atoms with E-state index in [-0.39, 0.29) is 11.2 Å². The van der Waals surface area contributed by atoms with Crippen LogP contribution in [-0.2, 0) is 4.79 Å². The number of carbonyl (C=O) groups excluding carboxylic acids is 1. The second-order valence-corrected chi connectivity index (χ2v) is 8.89. The lowest BCUT2D eigenvalue weighted by Crippen LogP contribution is -2.22. The van der Waals surface area contributed by atoms with Crippen LogP contribution in [-0.4, -0.2) is 21.1 Å². The van der Waals surface area contributed by atoms with Gasteiger partial charge in [-0.15, -0.1) is 11.3 Å². The smallest absolute Gasteiger partial charge is 0.237 e. The van der Waals surface area contributed by atoms with Gasteiger partial charge in [-0.25, -0.2) is 9.97 Å². The first-order valence-corrected chi connectivity index (χ1v) is 9.95. The van der Waals surface area contributed by atoms with Gasteiger partial charge in [0.25, 0.3) is 0 Å². The number of hydrogen-bond acceptors (Lipinski definition) is 5. The highest BCUT2D eigenvalue weighted by molar-refractivity contribution is 8.00. The van der Waals surface area contributed by atoms with E-state index in [0.717, 1.165) is 20.8 Å². The van der Waals surface area contributed by atoms with Crippen LogP contribution < -0.4 is 5.32 Å². The van der Waals surface area contributed by atoms with Crippen molar-refractivity contribution in [2.75, 3.05) is 5.32 Å². The number of anilines is 1. The number of aryl methyl sites for hydroxylation is 2. The molecule has 2 heterocycles. The lowest BCUT2D eigenvalue weighted by atomic mass is 10.2. The molecule has 0 saturated heterocycles. The Kier molecular flexibility index (Phi) is 5.53. The Bertz CT molecular complexity index is 958. The topological polar surface area (TPSA) is 54.9 Å². The van der Waals surface area contributed by atoms with Crippen molar-refractivity contribution in [3.8, 4) is 0 Å². The molecular formula is C17H15Cl2N3OS2. The fourth-order valence-electron chi connectivity index (χ4n) is 2.29. The van der Waals surface area contributed by atoms with Gasteiger partial charge in [0.2, 0.25) is 5.91 Å². The Morgan fingerprint density at radius 1 is 1.28 bits per heavy atom. The summed E-state index contributed by atoms with van der Waals surface area (Å²) in [5.41, 5.74) is 1.66. The minimum atomic E-state index is -0.354. The molecule has 0 aliphatic heterocycles. The predicted molar refractivity (Wildman–Crippen MR) is 107 cm³/mol. The third kappa shape index (κ3) is 3.92. The molecule has 3 aromatic rings. The van der Waals surface area contributed by atoms with E-state index < -0.39 is 0 Å². The Labute approximate surface area is 164 Å². The summed E-state index contributed by atoms with van der Waals surface area (Å²) in [6.07, 6.45) is 1.54. The van der Waals surface area contributed by atoms with Crippen LogP contribution in [0.25, 0.3) is 10.2 Å². The van der Waals surface area contributed by atoms with E-state index in [1.165, 1.54) is 16.6 Å². The summed E-state index contributed by atoms with van der Waals surface area (Å²) in [6, 6.07) is 4.97. The Morgan fingerprint density at radius 2 is 2.04 bits per heavy atom. The van der Waals surface area contributed by atoms with Gasteiger partial charge in [0.1, 0.15) is 16.2 Å². The number of nitrogens with zero attached hydrogens (tertiary/aromatic N) is 2. The molecule has 0 unspecified atom stereocenters. The van der Waals surface area contributed by atoms with Crippen LogP contribution in [0, 0.1) is 13.8 Å². The highest BCUT2D eigenvalue weighted by atomic mass is 35.5. The second-order valence-electron chi connectivity index (χ2n) is 5.52. The number of thioether (sulfide) groups is 1. The van der Waals surface area contributed by atoms with Gasteiger partial charge in [-0.2, -0.15) is 0 Å². The number of amides is 1. The molecule has 3 rings (SSSR count). The summed E-state index contributed by atoms with van der Waals surface area (Å²) in [7, 11) is 0. The maximum atomic E-state index is 12.5. The molecular weight excluding hydrogens is 397 g/mol. The van der Waals surface area contributed by atoms with Crippen molar-refractivity contribution in [1.29, 1.82) is 0 Å². The lowest BCUT2D eigenvalue weighted by molar-refractivity contribution is -0.115. The SMILES string of the molecule is Cc1sc2ncnc(S[C@@H](C)C(=O)Nc3cc(Cl)ccc3Cl)c2c1C. The molecule has 0 fully saturated rings. The monoisotopic (exact) mass is 411 g/mol. The van der Waals surface area contributed by atoms with Crippen molar-refractivity contribution in [2.24, 2.45) is 0 Å². The van der Waals surface area contributed by atoms with Crippen LogP contribution in [0.15, 0.2) is 29.6 Å². The van der Waals surface area contributed by atoms with E-state index >= 15 is 0 Å². The highest BCUT2D eigenvalue weighted by Crippen LogP contribution is 2.36. The number of rotatable bonds is 4. The van der Waals surface area contributed by atoms with Crippen molar-refractivity contribution in [3.05, 3.63) is 45.0 Å². The van der Waals surface area contributed by atoms with Crippen molar-refractivity contribution in [3.63, 3.8) is 0 Å². The molecule has 0 aliphatic carbocycles. The standard InChI is InChI=1S/C17H15Cl2N3OS2/c1-8-9(2)24-16-14(8)17(21-7-20-16)25-10(3)15(23)22-13-6-11(18)4-5-12(13)19/h4-7,10H,1-3H3,(H,22,23)/t10-/m0/s1. The normalized spacial score (nSPS) is 12.4. The molecule has 8 heteroatoms. The van der Waals surface area contributed by atoms with E-state index in [1.807, 2.05) is 6.92 Å². The van der Waals surface area contributed by atoms with Gasteiger partial charge in [0, 0.05) is 15.3 Å². The predicted octanol–water partition coefficient (Wildman–Crippen LogP) is 5.73. The van der Waals surface area contributed by atoms with Gasteiger partial charge in [0.15, 0.2) is 0 Å². The van der Waals surface area contributed by atoms with Crippen LogP contribution >= 0.6 is 46.3 Å². The zero-order valence-corrected chi connectivity index (χ0v) is 16.9. The average Bonchev–Trinajstić information content (AvgIpc) is 2.86. The Balaban J connectivity index is 1.81. The second kappa shape index (κ2) is 7.50. The lowest BCUT2D eigenvalue weighted by Gasteiger charge is -2.13. The van der Waals surface area contributed by atoms with Crippen LogP contribution in [0.1, 0.15) is 17.4 Å². The minimum Gasteiger partial charge on any atom is -0.324 e. The number of halogens is 2. The van der Waals surface area contributed by atoms with Gasteiger partial charge < -0.3 is 5.32 Å². The molecule has 0 saturated carbocycles. The van der Waals surface area contributed by atoms with Crippen LogP contribution in [0.2, 0.25) is 10.0 Å². The first-order valence-electron chi connectivity index (χ1n) is 7.50. The number of thiophene rings is 1. The maximum Gasteiger partial charge on any atom is 0.237 e. The summed E-state index contributed by atoms with van der Waals surface area (Å²) in [6.45, 7) is 5.95. The summed E-state index contributed by atoms with van der Waals surface area (Å²) >= 11 is 15.1. The summed E-state index contributed by atoms with van der Waals surface area (Å²) < 4.78 is 0. The average molecular weight is 412 g/mol.